The number of halogens is 1. The molecular formula is C19H27FN2O5S. The molecule has 0 N–H and O–H groups in total. The van der Waals surface area contributed by atoms with Crippen LogP contribution in [0, 0.1) is 11.7 Å². The molecule has 1 aliphatic heterocycles. The zero-order chi connectivity index (χ0) is 20.9. The van der Waals surface area contributed by atoms with Gasteiger partial charge in [0.1, 0.15) is 11.9 Å². The van der Waals surface area contributed by atoms with Crippen LogP contribution in [0.3, 0.4) is 0 Å². The second kappa shape index (κ2) is 9.36. The molecule has 0 spiro atoms. The van der Waals surface area contributed by atoms with Crippen LogP contribution in [-0.2, 0) is 24.3 Å². The SMILES string of the molecule is CCOC(=O)C1CCN(C(=O)[C@H](CC)N(c2ccc(F)cc2)S(C)(=O)=O)CC1. The highest BCUT2D eigenvalue weighted by Gasteiger charge is 2.36. The highest BCUT2D eigenvalue weighted by atomic mass is 32.2. The maximum atomic E-state index is 13.3. The summed E-state index contributed by atoms with van der Waals surface area (Å²) in [5.41, 5.74) is 0.241. The smallest absolute Gasteiger partial charge is 0.309 e. The van der Waals surface area contributed by atoms with E-state index in [0.29, 0.717) is 32.5 Å². The van der Waals surface area contributed by atoms with Gasteiger partial charge in [0.2, 0.25) is 15.9 Å². The normalized spacial score (nSPS) is 16.5. The number of nitrogens with zero attached hydrogens (tertiary/aromatic N) is 2. The summed E-state index contributed by atoms with van der Waals surface area (Å²) in [5, 5.41) is 0. The van der Waals surface area contributed by atoms with Crippen molar-refractivity contribution in [3.05, 3.63) is 30.1 Å². The summed E-state index contributed by atoms with van der Waals surface area (Å²) in [6.07, 6.45) is 2.26. The number of esters is 1. The number of benzene rings is 1. The Morgan fingerprint density at radius 1 is 1.21 bits per heavy atom. The van der Waals surface area contributed by atoms with Gasteiger partial charge in [-0.25, -0.2) is 12.8 Å². The largest absolute Gasteiger partial charge is 0.466 e. The molecule has 0 bridgehead atoms. The van der Waals surface area contributed by atoms with Crippen LogP contribution in [0.4, 0.5) is 10.1 Å². The molecule has 0 radical (unpaired) electrons. The van der Waals surface area contributed by atoms with Crippen LogP contribution in [0.5, 0.6) is 0 Å². The maximum absolute atomic E-state index is 13.3. The summed E-state index contributed by atoms with van der Waals surface area (Å²) >= 11 is 0. The number of ether oxygens (including phenoxy) is 1. The minimum absolute atomic E-state index is 0.241. The molecular weight excluding hydrogens is 387 g/mol. The van der Waals surface area contributed by atoms with E-state index in [1.807, 2.05) is 0 Å². The average Bonchev–Trinajstić information content (AvgIpc) is 2.66. The Bertz CT molecular complexity index is 789. The highest BCUT2D eigenvalue weighted by molar-refractivity contribution is 7.92. The molecule has 1 saturated heterocycles. The fraction of sp³-hybridized carbons (Fsp3) is 0.579. The summed E-state index contributed by atoms with van der Waals surface area (Å²) in [6.45, 7) is 4.52. The molecule has 1 atom stereocenters. The second-order valence-corrected chi connectivity index (χ2v) is 8.67. The van der Waals surface area contributed by atoms with Gasteiger partial charge in [0, 0.05) is 13.1 Å². The quantitative estimate of drug-likeness (QED) is 0.639. The summed E-state index contributed by atoms with van der Waals surface area (Å²) in [6, 6.07) is 4.09. The molecule has 0 saturated carbocycles. The van der Waals surface area contributed by atoms with Crippen molar-refractivity contribution in [3.63, 3.8) is 0 Å². The minimum atomic E-state index is -3.77. The first-order valence-electron chi connectivity index (χ1n) is 9.39. The molecule has 7 nitrogen and oxygen atoms in total. The second-order valence-electron chi connectivity index (χ2n) is 6.81. The van der Waals surface area contributed by atoms with Crippen molar-refractivity contribution in [2.45, 2.75) is 39.2 Å². The van der Waals surface area contributed by atoms with Gasteiger partial charge in [-0.05, 0) is 50.5 Å². The number of likely N-dealkylation sites (tertiary alicyclic amines) is 1. The first kappa shape index (κ1) is 22.1. The van der Waals surface area contributed by atoms with Crippen molar-refractivity contribution in [2.24, 2.45) is 5.92 Å². The van der Waals surface area contributed by atoms with Crippen LogP contribution in [0.25, 0.3) is 0 Å². The van der Waals surface area contributed by atoms with Gasteiger partial charge in [-0.1, -0.05) is 6.92 Å². The number of hydrogen-bond acceptors (Lipinski definition) is 5. The molecule has 1 heterocycles. The van der Waals surface area contributed by atoms with Gasteiger partial charge < -0.3 is 9.64 Å². The highest BCUT2D eigenvalue weighted by Crippen LogP contribution is 2.26. The van der Waals surface area contributed by atoms with E-state index in [1.54, 1.807) is 18.7 Å². The van der Waals surface area contributed by atoms with Crippen LogP contribution >= 0.6 is 0 Å². The van der Waals surface area contributed by atoms with Gasteiger partial charge >= 0.3 is 5.97 Å². The predicted octanol–water partition coefficient (Wildman–Crippen LogP) is 2.17. The van der Waals surface area contributed by atoms with E-state index < -0.39 is 21.9 Å². The number of piperidine rings is 1. The van der Waals surface area contributed by atoms with Gasteiger partial charge in [0.05, 0.1) is 24.5 Å². The molecule has 1 fully saturated rings. The van der Waals surface area contributed by atoms with E-state index in [2.05, 4.69) is 0 Å². The molecule has 9 heteroatoms. The summed E-state index contributed by atoms with van der Waals surface area (Å²) in [4.78, 5) is 26.6. The average molecular weight is 414 g/mol. The number of anilines is 1. The lowest BCUT2D eigenvalue weighted by molar-refractivity contribution is -0.151. The number of hydrogen-bond donors (Lipinski definition) is 0. The van der Waals surface area contributed by atoms with Crippen LogP contribution in [0.1, 0.15) is 33.1 Å². The topological polar surface area (TPSA) is 84.0 Å². The maximum Gasteiger partial charge on any atom is 0.309 e. The fourth-order valence-corrected chi connectivity index (χ4v) is 4.64. The molecule has 0 aliphatic carbocycles. The zero-order valence-corrected chi connectivity index (χ0v) is 17.2. The lowest BCUT2D eigenvalue weighted by atomic mass is 9.96. The van der Waals surface area contributed by atoms with E-state index in [9.17, 15) is 22.4 Å². The Kier molecular flexibility index (Phi) is 7.40. The molecule has 0 aromatic heterocycles. The van der Waals surface area contributed by atoms with Gasteiger partial charge in [-0.2, -0.15) is 0 Å². The molecule has 156 valence electrons. The number of carbonyl (C=O) groups is 2. The number of sulfonamides is 1. The van der Waals surface area contributed by atoms with E-state index in [1.165, 1.54) is 12.1 Å². The molecule has 1 aromatic carbocycles. The lowest BCUT2D eigenvalue weighted by Crippen LogP contribution is -2.52. The van der Waals surface area contributed by atoms with Gasteiger partial charge in [0.25, 0.3) is 0 Å². The van der Waals surface area contributed by atoms with E-state index >= 15 is 0 Å². The van der Waals surface area contributed by atoms with E-state index in [4.69, 9.17) is 4.74 Å². The van der Waals surface area contributed by atoms with Crippen molar-refractivity contribution in [3.8, 4) is 0 Å². The van der Waals surface area contributed by atoms with Crippen molar-refractivity contribution < 1.29 is 27.1 Å². The lowest BCUT2D eigenvalue weighted by Gasteiger charge is -2.37. The number of carbonyl (C=O) groups excluding carboxylic acids is 2. The first-order chi connectivity index (χ1) is 13.2. The molecule has 1 amide bonds. The summed E-state index contributed by atoms with van der Waals surface area (Å²) in [7, 11) is -3.77. The number of rotatable bonds is 7. The number of amides is 1. The van der Waals surface area contributed by atoms with Gasteiger partial charge in [0.15, 0.2) is 0 Å². The van der Waals surface area contributed by atoms with E-state index in [-0.39, 0.29) is 29.9 Å². The van der Waals surface area contributed by atoms with Crippen LogP contribution in [0.15, 0.2) is 24.3 Å². The van der Waals surface area contributed by atoms with Crippen molar-refractivity contribution in [1.82, 2.24) is 4.90 Å². The van der Waals surface area contributed by atoms with Crippen molar-refractivity contribution in [1.29, 1.82) is 0 Å². The van der Waals surface area contributed by atoms with Gasteiger partial charge in [-0.3, -0.25) is 13.9 Å². The molecule has 0 unspecified atom stereocenters. The van der Waals surface area contributed by atoms with E-state index in [0.717, 1.165) is 22.7 Å². The third-order valence-electron chi connectivity index (χ3n) is 4.82. The van der Waals surface area contributed by atoms with Crippen molar-refractivity contribution in [2.75, 3.05) is 30.3 Å². The molecule has 1 aromatic rings. The summed E-state index contributed by atoms with van der Waals surface area (Å²) < 4.78 is 44.2. The predicted molar refractivity (Wildman–Crippen MR) is 104 cm³/mol. The Hall–Kier alpha value is -2.16. The first-order valence-corrected chi connectivity index (χ1v) is 11.2. The minimum Gasteiger partial charge on any atom is -0.466 e. The van der Waals surface area contributed by atoms with Crippen LogP contribution in [0.2, 0.25) is 0 Å². The monoisotopic (exact) mass is 414 g/mol. The molecule has 2 rings (SSSR count). The summed E-state index contributed by atoms with van der Waals surface area (Å²) in [5.74, 6) is -1.31. The third kappa shape index (κ3) is 5.21. The molecule has 28 heavy (non-hydrogen) atoms. The standard InChI is InChI=1S/C19H27FN2O5S/c1-4-17(22(28(3,25)26)16-8-6-15(20)7-9-16)18(23)21-12-10-14(11-13-21)19(24)27-5-2/h6-9,14,17H,4-5,10-13H2,1-3H3/t17-/m0/s1. The van der Waals surface area contributed by atoms with Gasteiger partial charge in [-0.15, -0.1) is 0 Å². The van der Waals surface area contributed by atoms with Crippen molar-refractivity contribution >= 4 is 27.6 Å². The fourth-order valence-electron chi connectivity index (χ4n) is 3.44. The third-order valence-corrected chi connectivity index (χ3v) is 6.00. The van der Waals surface area contributed by atoms with Crippen LogP contribution < -0.4 is 4.31 Å². The Morgan fingerprint density at radius 3 is 2.25 bits per heavy atom. The Balaban J connectivity index is 2.19. The Labute approximate surface area is 165 Å². The zero-order valence-electron chi connectivity index (χ0n) is 16.4. The Morgan fingerprint density at radius 2 is 1.79 bits per heavy atom. The molecule has 1 aliphatic rings. The van der Waals surface area contributed by atoms with Crippen LogP contribution in [-0.4, -0.2) is 57.2 Å².